The average Bonchev–Trinajstić information content (AvgIpc) is 3.79. The predicted molar refractivity (Wildman–Crippen MR) is 399 cm³/mol. The standard InChI is InChI=1S/C32H54.C30H50.C28H46/c1-3-5-6-7-8-10-28-13-17-30(18-14-28)20-22-32-25-23-31(24-26-32)21-19-29-15-11-27(9-4-2)12-16-29;1-3-5-6-8-26-11-15-28(16-12-26)18-20-30-23-21-29(22-24-30)19-17-27-13-9-25(7-4-2)10-14-27;1-3-5-23-7-11-25(12-8-23)15-17-27-19-21-28(22-20-27)18-16-26-13-9-24(6-4-2)10-14-26/h13-14,17-18,27,29,31-32H,3-12,15-16,19-26H2,1-2H3;11-12,15-16,25,27,29-30H,3-10,13-14,17-24H2,1-2H3;7-8,11-12,24,26-28H,3-6,9-10,13-22H2,1-2H3. The SMILES string of the molecule is CCCCCCCc1ccc(CCC2CCC(CCC3CCC(CCC)CC3)CC2)cc1.CCCCCc1ccc(CCC2CCC(CCC3CCC(CCC)CC3)CC2)cc1.CCCc1ccc(CCC2CCC(CCC3CCC(CCC)CC3)CC2)cc1. The van der Waals surface area contributed by atoms with Crippen molar-refractivity contribution < 1.29 is 0 Å². The van der Waals surface area contributed by atoms with Crippen molar-refractivity contribution >= 4 is 0 Å². The van der Waals surface area contributed by atoms with Crippen LogP contribution in [0.2, 0.25) is 0 Å². The van der Waals surface area contributed by atoms with E-state index in [4.69, 9.17) is 0 Å². The lowest BCUT2D eigenvalue weighted by Crippen LogP contribution is -2.18. The molecule has 0 aliphatic heterocycles. The smallest absolute Gasteiger partial charge is 0.0276 e. The zero-order chi connectivity index (χ0) is 63.1. The first-order chi connectivity index (χ1) is 44.3. The molecule has 3 aromatic carbocycles. The molecule has 6 fully saturated rings. The Morgan fingerprint density at radius 3 is 0.567 bits per heavy atom. The fraction of sp³-hybridized carbons (Fsp3) is 0.800. The number of benzene rings is 3. The van der Waals surface area contributed by atoms with E-state index in [1.54, 1.807) is 35.1 Å². The minimum absolute atomic E-state index is 0.994. The van der Waals surface area contributed by atoms with Crippen molar-refractivity contribution in [3.63, 3.8) is 0 Å². The van der Waals surface area contributed by atoms with Crippen LogP contribution >= 0.6 is 0 Å². The number of aryl methyl sites for hydroxylation is 6. The molecule has 0 heterocycles. The van der Waals surface area contributed by atoms with Gasteiger partial charge in [-0.3, -0.25) is 0 Å². The van der Waals surface area contributed by atoms with Gasteiger partial charge in [0.05, 0.1) is 0 Å². The van der Waals surface area contributed by atoms with Crippen LogP contribution < -0.4 is 0 Å². The Morgan fingerprint density at radius 2 is 0.344 bits per heavy atom. The number of rotatable bonds is 36. The second kappa shape index (κ2) is 45.9. The molecular weight excluding hydrogens is 1080 g/mol. The fourth-order valence-electron chi connectivity index (χ4n) is 19.0. The molecule has 90 heavy (non-hydrogen) atoms. The third-order valence-electron chi connectivity index (χ3n) is 25.6. The van der Waals surface area contributed by atoms with E-state index in [0.29, 0.717) is 0 Å². The highest BCUT2D eigenvalue weighted by atomic mass is 14.3. The first-order valence-corrected chi connectivity index (χ1v) is 41.5. The molecule has 6 aliphatic rings. The van der Waals surface area contributed by atoms with Gasteiger partial charge in [0.2, 0.25) is 0 Å². The number of hydrogen-bond donors (Lipinski definition) is 0. The van der Waals surface area contributed by atoms with Crippen molar-refractivity contribution in [3.05, 3.63) is 106 Å². The van der Waals surface area contributed by atoms with Crippen LogP contribution in [0.3, 0.4) is 0 Å². The van der Waals surface area contributed by atoms with Crippen LogP contribution in [0.5, 0.6) is 0 Å². The van der Waals surface area contributed by atoms with Crippen molar-refractivity contribution in [1.29, 1.82) is 0 Å². The van der Waals surface area contributed by atoms with Crippen molar-refractivity contribution in [1.82, 2.24) is 0 Å². The van der Waals surface area contributed by atoms with Gasteiger partial charge in [-0.1, -0.05) is 390 Å². The molecule has 0 spiro atoms. The first-order valence-electron chi connectivity index (χ1n) is 41.5. The summed E-state index contributed by atoms with van der Waals surface area (Å²) in [6.07, 6.45) is 78.6. The van der Waals surface area contributed by atoms with Gasteiger partial charge in [0, 0.05) is 0 Å². The highest BCUT2D eigenvalue weighted by molar-refractivity contribution is 5.25. The molecular formula is C90H150. The van der Waals surface area contributed by atoms with Gasteiger partial charge in [-0.05, 0) is 175 Å². The van der Waals surface area contributed by atoms with Gasteiger partial charge in [0.1, 0.15) is 0 Å². The molecule has 0 bridgehead atoms. The quantitative estimate of drug-likeness (QED) is 0.0509. The molecule has 6 saturated carbocycles. The third-order valence-corrected chi connectivity index (χ3v) is 25.6. The summed E-state index contributed by atoms with van der Waals surface area (Å²) in [4.78, 5) is 0. The van der Waals surface area contributed by atoms with Crippen LogP contribution in [0.4, 0.5) is 0 Å². The molecule has 0 nitrogen and oxygen atoms in total. The topological polar surface area (TPSA) is 0 Å². The normalized spacial score (nSPS) is 27.3. The lowest BCUT2D eigenvalue weighted by molar-refractivity contribution is 0.209. The lowest BCUT2D eigenvalue weighted by Gasteiger charge is -2.32. The minimum Gasteiger partial charge on any atom is -0.0654 e. The summed E-state index contributed by atoms with van der Waals surface area (Å²) in [5.41, 5.74) is 9.28. The molecule has 0 aromatic heterocycles. The predicted octanol–water partition coefficient (Wildman–Crippen LogP) is 28.6. The van der Waals surface area contributed by atoms with Gasteiger partial charge in [0.25, 0.3) is 0 Å². The van der Waals surface area contributed by atoms with E-state index in [-0.39, 0.29) is 0 Å². The van der Waals surface area contributed by atoms with Gasteiger partial charge in [-0.2, -0.15) is 0 Å². The maximum atomic E-state index is 2.42. The van der Waals surface area contributed by atoms with E-state index < -0.39 is 0 Å². The second-order valence-corrected chi connectivity index (χ2v) is 32.9. The van der Waals surface area contributed by atoms with Crippen LogP contribution in [0, 0.1) is 71.0 Å². The van der Waals surface area contributed by atoms with Gasteiger partial charge in [0.15, 0.2) is 0 Å². The largest absolute Gasteiger partial charge is 0.0654 e. The molecule has 0 heteroatoms. The van der Waals surface area contributed by atoms with Gasteiger partial charge >= 0.3 is 0 Å². The van der Waals surface area contributed by atoms with E-state index in [1.807, 2.05) is 0 Å². The van der Waals surface area contributed by atoms with Crippen LogP contribution in [0.15, 0.2) is 72.8 Å². The van der Waals surface area contributed by atoms with Crippen molar-refractivity contribution in [2.45, 2.75) is 388 Å². The van der Waals surface area contributed by atoms with Crippen molar-refractivity contribution in [2.75, 3.05) is 0 Å². The molecule has 3 aromatic rings. The van der Waals surface area contributed by atoms with Crippen molar-refractivity contribution in [3.8, 4) is 0 Å². The molecule has 0 unspecified atom stereocenters. The molecule has 0 radical (unpaired) electrons. The molecule has 0 atom stereocenters. The molecule has 6 aliphatic carbocycles. The maximum Gasteiger partial charge on any atom is -0.0276 e. The number of hydrogen-bond acceptors (Lipinski definition) is 0. The van der Waals surface area contributed by atoms with Gasteiger partial charge in [-0.25, -0.2) is 0 Å². The Labute approximate surface area is 562 Å². The molecule has 0 N–H and O–H groups in total. The highest BCUT2D eigenvalue weighted by Gasteiger charge is 2.28. The Kier molecular flexibility index (Phi) is 38.3. The molecule has 510 valence electrons. The summed E-state index contributed by atoms with van der Waals surface area (Å²) in [7, 11) is 0. The summed E-state index contributed by atoms with van der Waals surface area (Å²) in [6, 6.07) is 28.7. The Morgan fingerprint density at radius 1 is 0.167 bits per heavy atom. The summed E-state index contributed by atoms with van der Waals surface area (Å²) in [5.74, 6) is 12.6. The Bertz CT molecular complexity index is 2110. The molecule has 0 amide bonds. The summed E-state index contributed by atoms with van der Waals surface area (Å²) >= 11 is 0. The first kappa shape index (κ1) is 75.0. The third kappa shape index (κ3) is 30.6. The lowest BCUT2D eigenvalue weighted by atomic mass is 9.74. The summed E-state index contributed by atoms with van der Waals surface area (Å²) in [5, 5.41) is 0. The van der Waals surface area contributed by atoms with E-state index in [0.717, 1.165) is 71.0 Å². The van der Waals surface area contributed by atoms with Crippen molar-refractivity contribution in [2.24, 2.45) is 71.0 Å². The fourth-order valence-corrected chi connectivity index (χ4v) is 19.0. The van der Waals surface area contributed by atoms with Crippen LogP contribution in [0.1, 0.15) is 383 Å². The maximum absolute atomic E-state index is 2.42. The van der Waals surface area contributed by atoms with E-state index >= 15 is 0 Å². The van der Waals surface area contributed by atoms with Crippen LogP contribution in [-0.2, 0) is 38.5 Å². The van der Waals surface area contributed by atoms with Crippen LogP contribution in [-0.4, -0.2) is 0 Å². The Balaban J connectivity index is 0.000000192. The minimum atomic E-state index is 0.994. The average molecular weight is 1230 g/mol. The van der Waals surface area contributed by atoms with E-state index in [9.17, 15) is 0 Å². The van der Waals surface area contributed by atoms with Gasteiger partial charge in [-0.15, -0.1) is 0 Å². The number of unbranched alkanes of at least 4 members (excludes halogenated alkanes) is 6. The summed E-state index contributed by atoms with van der Waals surface area (Å²) in [6.45, 7) is 13.9. The second-order valence-electron chi connectivity index (χ2n) is 32.9. The summed E-state index contributed by atoms with van der Waals surface area (Å²) < 4.78 is 0. The highest BCUT2D eigenvalue weighted by Crippen LogP contribution is 2.42. The van der Waals surface area contributed by atoms with Crippen LogP contribution in [0.25, 0.3) is 0 Å². The van der Waals surface area contributed by atoms with E-state index in [1.165, 1.54) is 345 Å². The zero-order valence-corrected chi connectivity index (χ0v) is 61.0. The molecule has 0 saturated heterocycles. The zero-order valence-electron chi connectivity index (χ0n) is 61.0. The monoisotopic (exact) mass is 1230 g/mol. The molecule has 9 rings (SSSR count). The Hall–Kier alpha value is -2.34. The van der Waals surface area contributed by atoms with Gasteiger partial charge < -0.3 is 0 Å². The van der Waals surface area contributed by atoms with E-state index in [2.05, 4.69) is 114 Å².